The molecule has 19 heavy (non-hydrogen) atoms. The van der Waals surface area contributed by atoms with Crippen molar-refractivity contribution in [1.29, 1.82) is 0 Å². The maximum absolute atomic E-state index is 10.2. The molecule has 3 heteroatoms. The van der Waals surface area contributed by atoms with Crippen LogP contribution in [0.25, 0.3) is 0 Å². The minimum absolute atomic E-state index is 0.299. The second kappa shape index (κ2) is 5.93. The number of phenolic OH excluding ortho intramolecular Hbond substituents is 1. The summed E-state index contributed by atoms with van der Waals surface area (Å²) in [6, 6.07) is 5.93. The molecule has 0 aromatic heterocycles. The Balaban J connectivity index is 2.04. The summed E-state index contributed by atoms with van der Waals surface area (Å²) < 4.78 is 0. The zero-order chi connectivity index (χ0) is 13.9. The molecule has 3 N–H and O–H groups in total. The zero-order valence-electron chi connectivity index (χ0n) is 11.9. The van der Waals surface area contributed by atoms with Gasteiger partial charge in [-0.25, -0.2) is 0 Å². The van der Waals surface area contributed by atoms with E-state index in [1.54, 1.807) is 6.07 Å². The van der Waals surface area contributed by atoms with Gasteiger partial charge in [0.05, 0.1) is 5.60 Å². The van der Waals surface area contributed by atoms with Gasteiger partial charge in [0.15, 0.2) is 0 Å². The van der Waals surface area contributed by atoms with Crippen LogP contribution in [0.15, 0.2) is 18.2 Å². The van der Waals surface area contributed by atoms with Crippen molar-refractivity contribution in [3.05, 3.63) is 29.3 Å². The van der Waals surface area contributed by atoms with E-state index < -0.39 is 5.60 Å². The van der Waals surface area contributed by atoms with Crippen LogP contribution < -0.4 is 5.32 Å². The van der Waals surface area contributed by atoms with Crippen molar-refractivity contribution >= 4 is 0 Å². The van der Waals surface area contributed by atoms with Gasteiger partial charge in [-0.3, -0.25) is 0 Å². The van der Waals surface area contributed by atoms with Gasteiger partial charge in [-0.15, -0.1) is 0 Å². The third-order valence-electron chi connectivity index (χ3n) is 3.96. The second-order valence-electron chi connectivity index (χ2n) is 5.96. The quantitative estimate of drug-likeness (QED) is 0.765. The monoisotopic (exact) mass is 263 g/mol. The first-order valence-corrected chi connectivity index (χ1v) is 7.29. The maximum atomic E-state index is 10.2. The molecule has 0 amide bonds. The molecule has 2 atom stereocenters. The summed E-state index contributed by atoms with van der Waals surface area (Å²) in [7, 11) is 0. The molecule has 1 aliphatic carbocycles. The lowest BCUT2D eigenvalue weighted by atomic mass is 9.87. The van der Waals surface area contributed by atoms with Crippen LogP contribution in [0.1, 0.15) is 56.7 Å². The highest BCUT2D eigenvalue weighted by Gasteiger charge is 2.24. The summed E-state index contributed by atoms with van der Waals surface area (Å²) in [4.78, 5) is 0. The topological polar surface area (TPSA) is 52.5 Å². The van der Waals surface area contributed by atoms with Gasteiger partial charge in [-0.1, -0.05) is 19.4 Å². The molecule has 2 rings (SSSR count). The molecule has 0 aliphatic heterocycles. The van der Waals surface area contributed by atoms with Crippen molar-refractivity contribution in [3.63, 3.8) is 0 Å². The van der Waals surface area contributed by atoms with E-state index in [-0.39, 0.29) is 0 Å². The normalized spacial score (nSPS) is 21.7. The fraction of sp³-hybridized carbons (Fsp3) is 0.625. The number of aliphatic hydroxyl groups is 1. The van der Waals surface area contributed by atoms with Crippen molar-refractivity contribution in [2.45, 2.75) is 57.6 Å². The van der Waals surface area contributed by atoms with Gasteiger partial charge >= 0.3 is 0 Å². The minimum Gasteiger partial charge on any atom is -0.508 e. The van der Waals surface area contributed by atoms with Crippen LogP contribution in [0.4, 0.5) is 0 Å². The Morgan fingerprint density at radius 2 is 2.21 bits per heavy atom. The first kappa shape index (κ1) is 14.4. The van der Waals surface area contributed by atoms with Crippen LogP contribution in [0.3, 0.4) is 0 Å². The van der Waals surface area contributed by atoms with Crippen molar-refractivity contribution in [1.82, 2.24) is 5.32 Å². The molecule has 106 valence electrons. The zero-order valence-corrected chi connectivity index (χ0v) is 11.9. The number of hydrogen-bond donors (Lipinski definition) is 3. The average Bonchev–Trinajstić information content (AvgIpc) is 2.36. The molecular weight excluding hydrogens is 238 g/mol. The van der Waals surface area contributed by atoms with Gasteiger partial charge in [0.2, 0.25) is 0 Å². The molecule has 2 unspecified atom stereocenters. The van der Waals surface area contributed by atoms with Crippen molar-refractivity contribution < 1.29 is 10.2 Å². The Morgan fingerprint density at radius 3 is 2.95 bits per heavy atom. The standard InChI is InChI=1S/C16H25NO2/c1-3-9-16(2,19)11-17-15-6-4-5-12-10-13(18)7-8-14(12)15/h7-8,10,15,17-19H,3-6,9,11H2,1-2H3. The highest BCUT2D eigenvalue weighted by atomic mass is 16.3. The highest BCUT2D eigenvalue weighted by molar-refractivity contribution is 5.38. The number of hydrogen-bond acceptors (Lipinski definition) is 3. The number of aryl methyl sites for hydroxylation is 1. The largest absolute Gasteiger partial charge is 0.508 e. The van der Waals surface area contributed by atoms with Crippen LogP contribution in [0, 0.1) is 0 Å². The molecule has 0 radical (unpaired) electrons. The Kier molecular flexibility index (Phi) is 4.48. The lowest BCUT2D eigenvalue weighted by molar-refractivity contribution is 0.0465. The van der Waals surface area contributed by atoms with Crippen LogP contribution >= 0.6 is 0 Å². The lowest BCUT2D eigenvalue weighted by Gasteiger charge is -2.30. The summed E-state index contributed by atoms with van der Waals surface area (Å²) in [5.74, 6) is 0.345. The lowest BCUT2D eigenvalue weighted by Crippen LogP contribution is -2.40. The molecule has 0 spiro atoms. The third kappa shape index (κ3) is 3.71. The number of nitrogens with one attached hydrogen (secondary N) is 1. The van der Waals surface area contributed by atoms with E-state index in [2.05, 4.69) is 12.2 Å². The van der Waals surface area contributed by atoms with E-state index in [0.29, 0.717) is 18.3 Å². The molecule has 1 aromatic rings. The number of rotatable bonds is 5. The molecular formula is C16H25NO2. The molecule has 0 heterocycles. The van der Waals surface area contributed by atoms with E-state index in [0.717, 1.165) is 32.1 Å². The molecule has 0 saturated carbocycles. The fourth-order valence-corrected chi connectivity index (χ4v) is 2.98. The van der Waals surface area contributed by atoms with E-state index in [9.17, 15) is 10.2 Å². The predicted molar refractivity (Wildman–Crippen MR) is 77.3 cm³/mol. The Labute approximate surface area is 115 Å². The highest BCUT2D eigenvalue weighted by Crippen LogP contribution is 2.32. The van der Waals surface area contributed by atoms with Crippen LogP contribution in [0.2, 0.25) is 0 Å². The predicted octanol–water partition coefficient (Wildman–Crippen LogP) is 2.91. The molecule has 1 aliphatic rings. The number of aromatic hydroxyl groups is 1. The van der Waals surface area contributed by atoms with Gasteiger partial charge in [-0.2, -0.15) is 0 Å². The van der Waals surface area contributed by atoms with Crippen LogP contribution in [0.5, 0.6) is 5.75 Å². The van der Waals surface area contributed by atoms with E-state index in [1.165, 1.54) is 11.1 Å². The fourth-order valence-electron chi connectivity index (χ4n) is 2.98. The van der Waals surface area contributed by atoms with Gasteiger partial charge in [0, 0.05) is 12.6 Å². The Morgan fingerprint density at radius 1 is 1.42 bits per heavy atom. The average molecular weight is 263 g/mol. The number of fused-ring (bicyclic) bond motifs is 1. The summed E-state index contributed by atoms with van der Waals surface area (Å²) in [5.41, 5.74) is 1.87. The molecule has 0 bridgehead atoms. The van der Waals surface area contributed by atoms with Gasteiger partial charge in [0.25, 0.3) is 0 Å². The van der Waals surface area contributed by atoms with Crippen LogP contribution in [-0.2, 0) is 6.42 Å². The Bertz CT molecular complexity index is 429. The third-order valence-corrected chi connectivity index (χ3v) is 3.96. The summed E-state index contributed by atoms with van der Waals surface area (Å²) in [6.07, 6.45) is 5.07. The first-order chi connectivity index (χ1) is 9.02. The van der Waals surface area contributed by atoms with E-state index in [1.807, 2.05) is 19.1 Å². The minimum atomic E-state index is -0.636. The van der Waals surface area contributed by atoms with Crippen molar-refractivity contribution in [3.8, 4) is 5.75 Å². The van der Waals surface area contributed by atoms with Crippen molar-refractivity contribution in [2.75, 3.05) is 6.54 Å². The van der Waals surface area contributed by atoms with E-state index in [4.69, 9.17) is 0 Å². The van der Waals surface area contributed by atoms with Gasteiger partial charge < -0.3 is 15.5 Å². The second-order valence-corrected chi connectivity index (χ2v) is 5.96. The number of benzene rings is 1. The van der Waals surface area contributed by atoms with Gasteiger partial charge in [-0.05, 0) is 55.9 Å². The summed E-state index contributed by atoms with van der Waals surface area (Å²) in [5, 5.41) is 23.3. The summed E-state index contributed by atoms with van der Waals surface area (Å²) in [6.45, 7) is 4.60. The Hall–Kier alpha value is -1.06. The van der Waals surface area contributed by atoms with Crippen molar-refractivity contribution in [2.24, 2.45) is 0 Å². The number of phenols is 1. The molecule has 3 nitrogen and oxygen atoms in total. The SMILES string of the molecule is CCCC(C)(O)CNC1CCCc2cc(O)ccc21. The smallest absolute Gasteiger partial charge is 0.115 e. The molecule has 0 saturated heterocycles. The molecule has 0 fully saturated rings. The maximum Gasteiger partial charge on any atom is 0.115 e. The summed E-state index contributed by atoms with van der Waals surface area (Å²) >= 11 is 0. The molecule has 1 aromatic carbocycles. The van der Waals surface area contributed by atoms with Gasteiger partial charge in [0.1, 0.15) is 5.75 Å². The first-order valence-electron chi connectivity index (χ1n) is 7.29. The van der Waals surface area contributed by atoms with E-state index >= 15 is 0 Å². The van der Waals surface area contributed by atoms with Crippen LogP contribution in [-0.4, -0.2) is 22.4 Å².